The maximum Gasteiger partial charge on any atom is 0.143 e. The van der Waals surface area contributed by atoms with Gasteiger partial charge in [0.25, 0.3) is 0 Å². The standard InChI is InChI=1S/C58H38N2O/c1-2-13-39(14-3-1)43-16-10-17-44(37-43)40-27-32-45(33-28-40)59(47-18-11-19-48(38-47)60-54-24-8-6-21-51(54)52-22-7-9-25-55(52)60)46-34-29-42(30-35-46)49-23-12-26-56-57(49)53-36-31-41-15-4-5-20-50(41)58(53)61-56/h1-38H. The summed E-state index contributed by atoms with van der Waals surface area (Å²) in [6.45, 7) is 0. The van der Waals surface area contributed by atoms with E-state index in [1.165, 1.54) is 49.4 Å². The molecule has 12 aromatic rings. The number of para-hydroxylation sites is 2. The second kappa shape index (κ2) is 14.3. The molecule has 0 unspecified atom stereocenters. The fourth-order valence-corrected chi connectivity index (χ4v) is 9.32. The van der Waals surface area contributed by atoms with Crippen molar-refractivity contribution < 1.29 is 4.42 Å². The van der Waals surface area contributed by atoms with Gasteiger partial charge in [-0.15, -0.1) is 0 Å². The lowest BCUT2D eigenvalue weighted by molar-refractivity contribution is 0.673. The molecule has 0 aliphatic carbocycles. The molecule has 3 nitrogen and oxygen atoms in total. The summed E-state index contributed by atoms with van der Waals surface area (Å²) in [5.74, 6) is 0. The smallest absolute Gasteiger partial charge is 0.143 e. The number of hydrogen-bond acceptors (Lipinski definition) is 2. The van der Waals surface area contributed by atoms with Crippen LogP contribution in [0.3, 0.4) is 0 Å². The summed E-state index contributed by atoms with van der Waals surface area (Å²) in [6, 6.07) is 82.9. The largest absolute Gasteiger partial charge is 0.455 e. The third kappa shape index (κ3) is 5.90. The zero-order valence-electron chi connectivity index (χ0n) is 33.2. The van der Waals surface area contributed by atoms with Crippen molar-refractivity contribution in [3.05, 3.63) is 231 Å². The molecule has 0 spiro atoms. The molecule has 0 radical (unpaired) electrons. The Labute approximate surface area is 353 Å². The summed E-state index contributed by atoms with van der Waals surface area (Å²) in [5.41, 5.74) is 15.6. The van der Waals surface area contributed by atoms with E-state index in [9.17, 15) is 0 Å². The average Bonchev–Trinajstić information content (AvgIpc) is 3.89. The van der Waals surface area contributed by atoms with E-state index in [4.69, 9.17) is 4.42 Å². The van der Waals surface area contributed by atoms with Crippen LogP contribution in [0.1, 0.15) is 0 Å². The lowest BCUT2D eigenvalue weighted by Crippen LogP contribution is -2.10. The van der Waals surface area contributed by atoms with Crippen molar-refractivity contribution >= 4 is 71.6 Å². The molecule has 0 atom stereocenters. The molecule has 0 aliphatic heterocycles. The lowest BCUT2D eigenvalue weighted by atomic mass is 9.97. The Balaban J connectivity index is 0.983. The van der Waals surface area contributed by atoms with Gasteiger partial charge in [-0.3, -0.25) is 0 Å². The summed E-state index contributed by atoms with van der Waals surface area (Å²) >= 11 is 0. The maximum atomic E-state index is 6.56. The molecule has 10 aromatic carbocycles. The summed E-state index contributed by atoms with van der Waals surface area (Å²) in [4.78, 5) is 2.37. The first-order valence-corrected chi connectivity index (χ1v) is 20.8. The second-order valence-corrected chi connectivity index (χ2v) is 15.7. The highest BCUT2D eigenvalue weighted by Gasteiger charge is 2.19. The van der Waals surface area contributed by atoms with E-state index >= 15 is 0 Å². The monoisotopic (exact) mass is 778 g/mol. The maximum absolute atomic E-state index is 6.56. The molecule has 61 heavy (non-hydrogen) atoms. The van der Waals surface area contributed by atoms with Crippen LogP contribution >= 0.6 is 0 Å². The van der Waals surface area contributed by atoms with E-state index in [1.54, 1.807) is 0 Å². The first-order chi connectivity index (χ1) is 30.2. The highest BCUT2D eigenvalue weighted by molar-refractivity contribution is 6.19. The van der Waals surface area contributed by atoms with Crippen molar-refractivity contribution in [3.8, 4) is 39.1 Å². The van der Waals surface area contributed by atoms with Crippen LogP contribution in [0.5, 0.6) is 0 Å². The Bertz CT molecular complexity index is 3520. The van der Waals surface area contributed by atoms with E-state index in [2.05, 4.69) is 240 Å². The van der Waals surface area contributed by atoms with Gasteiger partial charge in [-0.05, 0) is 112 Å². The molecule has 3 heteroatoms. The van der Waals surface area contributed by atoms with Crippen molar-refractivity contribution in [1.82, 2.24) is 4.57 Å². The molecular weight excluding hydrogens is 741 g/mol. The van der Waals surface area contributed by atoms with Gasteiger partial charge in [0, 0.05) is 49.7 Å². The van der Waals surface area contributed by atoms with Crippen molar-refractivity contribution in [2.45, 2.75) is 0 Å². The van der Waals surface area contributed by atoms with Gasteiger partial charge in [-0.1, -0.05) is 158 Å². The molecule has 2 heterocycles. The number of hydrogen-bond donors (Lipinski definition) is 0. The predicted molar refractivity (Wildman–Crippen MR) is 257 cm³/mol. The number of benzene rings is 10. The average molecular weight is 779 g/mol. The van der Waals surface area contributed by atoms with Crippen LogP contribution in [0.15, 0.2) is 235 Å². The van der Waals surface area contributed by atoms with Crippen LogP contribution < -0.4 is 4.90 Å². The van der Waals surface area contributed by atoms with E-state index in [0.29, 0.717) is 0 Å². The molecule has 2 aromatic heterocycles. The van der Waals surface area contributed by atoms with Crippen molar-refractivity contribution in [1.29, 1.82) is 0 Å². The van der Waals surface area contributed by atoms with E-state index in [0.717, 1.165) is 61.2 Å². The minimum absolute atomic E-state index is 0.894. The molecule has 286 valence electrons. The summed E-state index contributed by atoms with van der Waals surface area (Å²) < 4.78 is 8.95. The minimum atomic E-state index is 0.894. The van der Waals surface area contributed by atoms with Crippen LogP contribution in [0.2, 0.25) is 0 Å². The molecular formula is C58H38N2O. The Morgan fingerprint density at radius 3 is 1.64 bits per heavy atom. The van der Waals surface area contributed by atoms with Gasteiger partial charge in [0.15, 0.2) is 0 Å². The molecule has 0 aliphatic rings. The first-order valence-electron chi connectivity index (χ1n) is 20.8. The highest BCUT2D eigenvalue weighted by Crippen LogP contribution is 2.42. The Kier molecular flexibility index (Phi) is 8.17. The molecule has 0 saturated carbocycles. The van der Waals surface area contributed by atoms with Gasteiger partial charge in [0.1, 0.15) is 11.2 Å². The van der Waals surface area contributed by atoms with Crippen molar-refractivity contribution in [2.24, 2.45) is 0 Å². The zero-order valence-corrected chi connectivity index (χ0v) is 33.2. The topological polar surface area (TPSA) is 21.3 Å². The minimum Gasteiger partial charge on any atom is -0.455 e. The summed E-state index contributed by atoms with van der Waals surface area (Å²) in [6.07, 6.45) is 0. The fourth-order valence-electron chi connectivity index (χ4n) is 9.32. The van der Waals surface area contributed by atoms with Crippen LogP contribution in [0.25, 0.3) is 93.6 Å². The molecule has 0 fully saturated rings. The Morgan fingerprint density at radius 2 is 0.918 bits per heavy atom. The van der Waals surface area contributed by atoms with Crippen LogP contribution in [0.4, 0.5) is 17.1 Å². The van der Waals surface area contributed by atoms with Crippen LogP contribution in [-0.2, 0) is 0 Å². The molecule has 0 bridgehead atoms. The third-order valence-electron chi connectivity index (χ3n) is 12.2. The Hall–Kier alpha value is -8.14. The first kappa shape index (κ1) is 34.9. The van der Waals surface area contributed by atoms with E-state index < -0.39 is 0 Å². The van der Waals surface area contributed by atoms with Gasteiger partial charge >= 0.3 is 0 Å². The summed E-state index contributed by atoms with van der Waals surface area (Å²) in [5, 5.41) is 7.07. The third-order valence-corrected chi connectivity index (χ3v) is 12.2. The number of anilines is 3. The van der Waals surface area contributed by atoms with Gasteiger partial charge < -0.3 is 13.9 Å². The van der Waals surface area contributed by atoms with Crippen molar-refractivity contribution in [3.63, 3.8) is 0 Å². The second-order valence-electron chi connectivity index (χ2n) is 15.7. The van der Waals surface area contributed by atoms with E-state index in [1.807, 2.05) is 0 Å². The number of fused-ring (bicyclic) bond motifs is 8. The molecule has 0 saturated heterocycles. The fraction of sp³-hybridized carbons (Fsp3) is 0. The molecule has 12 rings (SSSR count). The quantitative estimate of drug-likeness (QED) is 0.161. The van der Waals surface area contributed by atoms with E-state index in [-0.39, 0.29) is 0 Å². The Morgan fingerprint density at radius 1 is 0.344 bits per heavy atom. The summed E-state index contributed by atoms with van der Waals surface area (Å²) in [7, 11) is 0. The van der Waals surface area contributed by atoms with Gasteiger partial charge in [0.05, 0.1) is 11.0 Å². The van der Waals surface area contributed by atoms with Crippen LogP contribution in [0, 0.1) is 0 Å². The van der Waals surface area contributed by atoms with Gasteiger partial charge in [0.2, 0.25) is 0 Å². The van der Waals surface area contributed by atoms with Crippen LogP contribution in [-0.4, -0.2) is 4.57 Å². The number of aromatic nitrogens is 1. The number of furan rings is 1. The molecule has 0 amide bonds. The lowest BCUT2D eigenvalue weighted by Gasteiger charge is -2.26. The highest BCUT2D eigenvalue weighted by atomic mass is 16.3. The normalized spacial score (nSPS) is 11.6. The number of nitrogens with zero attached hydrogens (tertiary/aromatic N) is 2. The SMILES string of the molecule is c1ccc(-c2cccc(-c3ccc(N(c4ccc(-c5cccc6oc7c8ccccc8ccc7c56)cc4)c4cccc(-n5c6ccccc6c6ccccc65)c4)cc3)c2)cc1. The van der Waals surface area contributed by atoms with Gasteiger partial charge in [-0.2, -0.15) is 0 Å². The number of rotatable bonds is 7. The van der Waals surface area contributed by atoms with Gasteiger partial charge in [-0.25, -0.2) is 0 Å². The zero-order chi connectivity index (χ0) is 40.3. The van der Waals surface area contributed by atoms with Crippen molar-refractivity contribution in [2.75, 3.05) is 4.90 Å². The predicted octanol–water partition coefficient (Wildman–Crippen LogP) is 16.3. The molecule has 0 N–H and O–H groups in total.